The summed E-state index contributed by atoms with van der Waals surface area (Å²) in [5, 5.41) is 2.83. The molecule has 3 aromatic carbocycles. The Balaban J connectivity index is 1.41. The molecule has 0 unspecified atom stereocenters. The van der Waals surface area contributed by atoms with Crippen LogP contribution in [-0.2, 0) is 26.8 Å². The zero-order valence-electron chi connectivity index (χ0n) is 19.4. The van der Waals surface area contributed by atoms with Gasteiger partial charge in [-0.1, -0.05) is 66.7 Å². The predicted octanol–water partition coefficient (Wildman–Crippen LogP) is 4.86. The molecule has 0 aliphatic carbocycles. The number of piperidine rings is 1. The Hall–Kier alpha value is -3.23. The molecule has 1 saturated heterocycles. The highest BCUT2D eigenvalue weighted by atomic mass is 32.2. The quantitative estimate of drug-likeness (QED) is 0.452. The molecular formula is C27H29FN2O4S. The van der Waals surface area contributed by atoms with Crippen LogP contribution in [0.15, 0.2) is 89.8 Å². The zero-order chi connectivity index (χ0) is 24.7. The summed E-state index contributed by atoms with van der Waals surface area (Å²) in [6.07, 6.45) is 1.68. The number of nitrogens with zero attached hydrogens (tertiary/aromatic N) is 1. The number of hydrogen-bond acceptors (Lipinski definition) is 4. The van der Waals surface area contributed by atoms with Crippen LogP contribution in [0.25, 0.3) is 0 Å². The first-order valence-electron chi connectivity index (χ1n) is 11.7. The number of carbonyl (C=O) groups excluding carboxylic acids is 1. The molecule has 0 radical (unpaired) electrons. The minimum Gasteiger partial charge on any atom is -0.438 e. The van der Waals surface area contributed by atoms with Crippen molar-refractivity contribution in [1.82, 2.24) is 9.62 Å². The summed E-state index contributed by atoms with van der Waals surface area (Å²) in [7, 11) is -3.85. The van der Waals surface area contributed by atoms with Crippen LogP contribution in [0, 0.1) is 5.82 Å². The van der Waals surface area contributed by atoms with Crippen LogP contribution in [0.4, 0.5) is 9.18 Å². The standard InChI is InChI=1S/C27H29FN2O4S/c28-24-14-7-15-25(21-24)35(32,33)30-19-16-27(17-20-30,23-12-5-2-6-13-23)34-26(31)29-18-8-11-22-9-3-1-4-10-22/h1-7,9-10,12-15,21H,8,11,16-20H2,(H,29,31). The second-order valence-corrected chi connectivity index (χ2v) is 10.6. The van der Waals surface area contributed by atoms with E-state index in [-0.39, 0.29) is 18.0 Å². The highest BCUT2D eigenvalue weighted by Crippen LogP contribution is 2.38. The molecule has 1 aliphatic rings. The fourth-order valence-electron chi connectivity index (χ4n) is 4.40. The van der Waals surface area contributed by atoms with E-state index in [0.29, 0.717) is 19.4 Å². The smallest absolute Gasteiger partial charge is 0.408 e. The van der Waals surface area contributed by atoms with Crippen LogP contribution >= 0.6 is 0 Å². The van der Waals surface area contributed by atoms with E-state index in [4.69, 9.17) is 4.74 Å². The van der Waals surface area contributed by atoms with Crippen molar-refractivity contribution in [2.75, 3.05) is 19.6 Å². The van der Waals surface area contributed by atoms with Crippen molar-refractivity contribution >= 4 is 16.1 Å². The molecule has 1 fully saturated rings. The third kappa shape index (κ3) is 6.07. The molecule has 0 atom stereocenters. The number of aryl methyl sites for hydroxylation is 1. The summed E-state index contributed by atoms with van der Waals surface area (Å²) in [5.41, 5.74) is 1.08. The van der Waals surface area contributed by atoms with Gasteiger partial charge in [-0.2, -0.15) is 4.31 Å². The van der Waals surface area contributed by atoms with Crippen LogP contribution in [-0.4, -0.2) is 38.5 Å². The Bertz CT molecular complexity index is 1230. The van der Waals surface area contributed by atoms with Gasteiger partial charge in [-0.25, -0.2) is 17.6 Å². The van der Waals surface area contributed by atoms with Crippen molar-refractivity contribution in [3.05, 3.63) is 102 Å². The van der Waals surface area contributed by atoms with Gasteiger partial charge >= 0.3 is 6.09 Å². The highest BCUT2D eigenvalue weighted by Gasteiger charge is 2.42. The van der Waals surface area contributed by atoms with E-state index in [1.165, 1.54) is 28.1 Å². The number of rotatable bonds is 8. The number of sulfonamides is 1. The topological polar surface area (TPSA) is 75.7 Å². The molecule has 0 aromatic heterocycles. The molecule has 0 spiro atoms. The summed E-state index contributed by atoms with van der Waals surface area (Å²) in [6, 6.07) is 24.4. The number of ether oxygens (including phenoxy) is 1. The second-order valence-electron chi connectivity index (χ2n) is 8.63. The van der Waals surface area contributed by atoms with Gasteiger partial charge in [-0.05, 0) is 42.2 Å². The first kappa shape index (κ1) is 24.9. The lowest BCUT2D eigenvalue weighted by Crippen LogP contribution is -2.48. The molecule has 1 heterocycles. The number of hydrogen-bond donors (Lipinski definition) is 1. The van der Waals surface area contributed by atoms with E-state index in [2.05, 4.69) is 5.32 Å². The molecule has 3 aromatic rings. The SMILES string of the molecule is O=C(NCCCc1ccccc1)OC1(c2ccccc2)CCN(S(=O)(=O)c2cccc(F)c2)CC1. The first-order chi connectivity index (χ1) is 16.9. The lowest BCUT2D eigenvalue weighted by Gasteiger charge is -2.41. The van der Waals surface area contributed by atoms with Crippen LogP contribution < -0.4 is 5.32 Å². The molecule has 4 rings (SSSR count). The van der Waals surface area contributed by atoms with Gasteiger partial charge in [0.25, 0.3) is 0 Å². The van der Waals surface area contributed by atoms with Crippen molar-refractivity contribution in [1.29, 1.82) is 0 Å². The van der Waals surface area contributed by atoms with Crippen molar-refractivity contribution in [3.8, 4) is 0 Å². The molecule has 1 aliphatic heterocycles. The van der Waals surface area contributed by atoms with Gasteiger partial charge in [0, 0.05) is 32.5 Å². The van der Waals surface area contributed by atoms with Gasteiger partial charge in [0.1, 0.15) is 11.4 Å². The van der Waals surface area contributed by atoms with E-state index in [9.17, 15) is 17.6 Å². The van der Waals surface area contributed by atoms with Crippen LogP contribution in [0.2, 0.25) is 0 Å². The summed E-state index contributed by atoms with van der Waals surface area (Å²) in [5.74, 6) is -0.603. The van der Waals surface area contributed by atoms with Gasteiger partial charge in [-0.15, -0.1) is 0 Å². The lowest BCUT2D eigenvalue weighted by molar-refractivity contribution is -0.0277. The van der Waals surface area contributed by atoms with Gasteiger partial charge < -0.3 is 10.1 Å². The largest absolute Gasteiger partial charge is 0.438 e. The maximum Gasteiger partial charge on any atom is 0.408 e. The monoisotopic (exact) mass is 496 g/mol. The van der Waals surface area contributed by atoms with Crippen molar-refractivity contribution in [2.45, 2.75) is 36.2 Å². The van der Waals surface area contributed by atoms with Gasteiger partial charge in [0.2, 0.25) is 10.0 Å². The summed E-state index contributed by atoms with van der Waals surface area (Å²) in [4.78, 5) is 12.6. The van der Waals surface area contributed by atoms with E-state index in [0.717, 1.165) is 24.5 Å². The zero-order valence-corrected chi connectivity index (χ0v) is 20.2. The third-order valence-electron chi connectivity index (χ3n) is 6.31. The van der Waals surface area contributed by atoms with Crippen molar-refractivity contribution < 1.29 is 22.3 Å². The number of benzene rings is 3. The Labute approximate surface area is 205 Å². The van der Waals surface area contributed by atoms with Crippen LogP contribution in [0.1, 0.15) is 30.4 Å². The summed E-state index contributed by atoms with van der Waals surface area (Å²) >= 11 is 0. The molecule has 6 nitrogen and oxygen atoms in total. The molecular weight excluding hydrogens is 467 g/mol. The van der Waals surface area contributed by atoms with E-state index >= 15 is 0 Å². The normalized spacial score (nSPS) is 15.9. The molecule has 0 saturated carbocycles. The Morgan fingerprint density at radius 2 is 1.60 bits per heavy atom. The van der Waals surface area contributed by atoms with E-state index in [1.807, 2.05) is 60.7 Å². The number of halogens is 1. The predicted molar refractivity (Wildman–Crippen MR) is 132 cm³/mol. The Morgan fingerprint density at radius 3 is 2.26 bits per heavy atom. The molecule has 1 N–H and O–H groups in total. The first-order valence-corrected chi connectivity index (χ1v) is 13.2. The van der Waals surface area contributed by atoms with Crippen molar-refractivity contribution in [3.63, 3.8) is 0 Å². The summed E-state index contributed by atoms with van der Waals surface area (Å²) in [6.45, 7) is 0.767. The molecule has 8 heteroatoms. The lowest BCUT2D eigenvalue weighted by atomic mass is 9.85. The number of nitrogens with one attached hydrogen (secondary N) is 1. The van der Waals surface area contributed by atoms with Gasteiger partial charge in [-0.3, -0.25) is 0 Å². The maximum absolute atomic E-state index is 13.6. The van der Waals surface area contributed by atoms with Crippen LogP contribution in [0.5, 0.6) is 0 Å². The van der Waals surface area contributed by atoms with Gasteiger partial charge in [0.05, 0.1) is 4.90 Å². The molecule has 0 bridgehead atoms. The Kier molecular flexibility index (Phi) is 7.83. The average molecular weight is 497 g/mol. The number of amides is 1. The highest BCUT2D eigenvalue weighted by molar-refractivity contribution is 7.89. The minimum atomic E-state index is -3.85. The second kappa shape index (κ2) is 11.0. The molecule has 35 heavy (non-hydrogen) atoms. The third-order valence-corrected chi connectivity index (χ3v) is 8.20. The fraction of sp³-hybridized carbons (Fsp3) is 0.296. The number of carbonyl (C=O) groups is 1. The molecule has 184 valence electrons. The minimum absolute atomic E-state index is 0.0817. The Morgan fingerprint density at radius 1 is 0.943 bits per heavy atom. The number of alkyl carbamates (subject to hydrolysis) is 1. The van der Waals surface area contributed by atoms with Crippen molar-refractivity contribution in [2.24, 2.45) is 0 Å². The fourth-order valence-corrected chi connectivity index (χ4v) is 5.87. The van der Waals surface area contributed by atoms with Crippen LogP contribution in [0.3, 0.4) is 0 Å². The average Bonchev–Trinajstić information content (AvgIpc) is 2.88. The van der Waals surface area contributed by atoms with E-state index < -0.39 is 27.5 Å². The maximum atomic E-state index is 13.6. The van der Waals surface area contributed by atoms with E-state index in [1.54, 1.807) is 0 Å². The summed E-state index contributed by atoms with van der Waals surface area (Å²) < 4.78 is 47.0. The molecule has 1 amide bonds. The van der Waals surface area contributed by atoms with Gasteiger partial charge in [0.15, 0.2) is 0 Å².